The number of hydrogen-bond donors (Lipinski definition) is 0. The highest BCUT2D eigenvalue weighted by Crippen LogP contribution is 2.18. The average molecular weight is 262 g/mol. The summed E-state index contributed by atoms with van der Waals surface area (Å²) in [5, 5.41) is 7.72. The number of amides is 1. The molecule has 1 aliphatic rings. The van der Waals surface area contributed by atoms with Gasteiger partial charge in [-0.05, 0) is 18.0 Å². The molecule has 2 rings (SSSR count). The zero-order valence-corrected chi connectivity index (χ0v) is 10.4. The molecule has 1 aromatic rings. The van der Waals surface area contributed by atoms with Crippen LogP contribution in [0.5, 0.6) is 0 Å². The van der Waals surface area contributed by atoms with Gasteiger partial charge in [0.15, 0.2) is 0 Å². The van der Waals surface area contributed by atoms with Gasteiger partial charge in [-0.2, -0.15) is 0 Å². The molecule has 2 heterocycles. The minimum absolute atomic E-state index is 0.105. The van der Waals surface area contributed by atoms with Crippen LogP contribution < -0.4 is 0 Å². The van der Waals surface area contributed by atoms with E-state index in [1.54, 1.807) is 4.90 Å². The lowest BCUT2D eigenvalue weighted by molar-refractivity contribution is -0.0226. The number of morpholine rings is 1. The Labute approximate surface area is 102 Å². The van der Waals surface area contributed by atoms with Crippen LogP contribution >= 0.6 is 22.9 Å². The zero-order valence-electron chi connectivity index (χ0n) is 8.85. The van der Waals surface area contributed by atoms with Crippen LogP contribution in [0.2, 0.25) is 4.47 Å². The van der Waals surface area contributed by atoms with Crippen molar-refractivity contribution in [1.29, 1.82) is 0 Å². The first-order valence-corrected chi connectivity index (χ1v) is 6.30. The molecule has 1 fully saturated rings. The number of hydrogen-bond acceptors (Lipinski definition) is 5. The molecular weight excluding hydrogens is 250 g/mol. The van der Waals surface area contributed by atoms with Gasteiger partial charge in [0.25, 0.3) is 5.91 Å². The first-order chi connectivity index (χ1) is 7.70. The van der Waals surface area contributed by atoms with Crippen molar-refractivity contribution in [2.24, 2.45) is 0 Å². The van der Waals surface area contributed by atoms with E-state index < -0.39 is 0 Å². The van der Waals surface area contributed by atoms with Crippen molar-refractivity contribution in [3.63, 3.8) is 0 Å². The Balaban J connectivity index is 2.04. The molecule has 16 heavy (non-hydrogen) atoms. The van der Waals surface area contributed by atoms with E-state index in [0.717, 1.165) is 17.8 Å². The standard InChI is InChI=1S/C9H12ClN3O2S/c1-2-6-5-13(3-4-15-6)8(14)7-11-12-9(10)16-7/h6H,2-5H2,1H3. The summed E-state index contributed by atoms with van der Waals surface area (Å²) in [6.07, 6.45) is 1.03. The Morgan fingerprint density at radius 3 is 3.12 bits per heavy atom. The highest BCUT2D eigenvalue weighted by Gasteiger charge is 2.26. The van der Waals surface area contributed by atoms with E-state index in [0.29, 0.717) is 29.2 Å². The molecule has 0 aliphatic carbocycles. The second-order valence-corrected chi connectivity index (χ2v) is 5.07. The van der Waals surface area contributed by atoms with Gasteiger partial charge >= 0.3 is 0 Å². The Kier molecular flexibility index (Phi) is 3.73. The summed E-state index contributed by atoms with van der Waals surface area (Å²) in [5.41, 5.74) is 0. The molecule has 0 N–H and O–H groups in total. The van der Waals surface area contributed by atoms with Gasteiger partial charge in [-0.1, -0.05) is 18.3 Å². The number of rotatable bonds is 2. The molecule has 1 aromatic heterocycles. The molecule has 7 heteroatoms. The number of ether oxygens (including phenoxy) is 1. The van der Waals surface area contributed by atoms with E-state index in [4.69, 9.17) is 16.3 Å². The van der Waals surface area contributed by atoms with Crippen LogP contribution in [0.3, 0.4) is 0 Å². The van der Waals surface area contributed by atoms with E-state index in [1.165, 1.54) is 0 Å². The molecule has 1 atom stereocenters. The zero-order chi connectivity index (χ0) is 11.5. The van der Waals surface area contributed by atoms with Gasteiger partial charge in [-0.3, -0.25) is 4.79 Å². The fraction of sp³-hybridized carbons (Fsp3) is 0.667. The lowest BCUT2D eigenvalue weighted by Gasteiger charge is -2.31. The summed E-state index contributed by atoms with van der Waals surface area (Å²) < 4.78 is 5.79. The van der Waals surface area contributed by atoms with Crippen molar-refractivity contribution in [2.45, 2.75) is 19.4 Å². The predicted molar refractivity (Wildman–Crippen MR) is 60.9 cm³/mol. The van der Waals surface area contributed by atoms with Crippen molar-refractivity contribution in [2.75, 3.05) is 19.7 Å². The molecule has 1 aliphatic heterocycles. The quantitative estimate of drug-likeness (QED) is 0.808. The Hall–Kier alpha value is -0.720. The molecule has 88 valence electrons. The van der Waals surface area contributed by atoms with Crippen molar-refractivity contribution in [3.05, 3.63) is 9.47 Å². The summed E-state index contributed by atoms with van der Waals surface area (Å²) in [5.74, 6) is -0.105. The van der Waals surface area contributed by atoms with Crippen LogP contribution in [0, 0.1) is 0 Å². The van der Waals surface area contributed by atoms with Crippen molar-refractivity contribution >= 4 is 28.8 Å². The SMILES string of the molecule is CCC1CN(C(=O)c2nnc(Cl)s2)CCO1. The molecule has 1 saturated heterocycles. The number of nitrogens with zero attached hydrogens (tertiary/aromatic N) is 3. The van der Waals surface area contributed by atoms with E-state index in [1.807, 2.05) is 6.92 Å². The molecule has 0 radical (unpaired) electrons. The lowest BCUT2D eigenvalue weighted by atomic mass is 10.2. The maximum Gasteiger partial charge on any atom is 0.285 e. The Morgan fingerprint density at radius 2 is 2.50 bits per heavy atom. The fourth-order valence-electron chi connectivity index (χ4n) is 1.58. The first-order valence-electron chi connectivity index (χ1n) is 5.10. The smallest absolute Gasteiger partial charge is 0.285 e. The van der Waals surface area contributed by atoms with E-state index in [9.17, 15) is 4.79 Å². The molecule has 1 amide bonds. The molecule has 5 nitrogen and oxygen atoms in total. The maximum atomic E-state index is 12.0. The van der Waals surface area contributed by atoms with E-state index in [-0.39, 0.29) is 12.0 Å². The largest absolute Gasteiger partial charge is 0.375 e. The molecule has 1 unspecified atom stereocenters. The third-order valence-corrected chi connectivity index (χ3v) is 3.47. The normalized spacial score (nSPS) is 21.1. The van der Waals surface area contributed by atoms with Crippen molar-refractivity contribution in [3.8, 4) is 0 Å². The second-order valence-electron chi connectivity index (χ2n) is 3.51. The summed E-state index contributed by atoms with van der Waals surface area (Å²) in [6, 6.07) is 0. The molecule has 0 saturated carbocycles. The molecule has 0 aromatic carbocycles. The third kappa shape index (κ3) is 2.50. The third-order valence-electron chi connectivity index (χ3n) is 2.46. The lowest BCUT2D eigenvalue weighted by Crippen LogP contribution is -2.45. The number of aromatic nitrogens is 2. The summed E-state index contributed by atoms with van der Waals surface area (Å²) in [7, 11) is 0. The van der Waals surface area contributed by atoms with Crippen LogP contribution in [0.25, 0.3) is 0 Å². The molecule has 0 spiro atoms. The number of halogens is 1. The minimum atomic E-state index is -0.105. The average Bonchev–Trinajstić information content (AvgIpc) is 2.75. The second kappa shape index (κ2) is 5.07. The van der Waals surface area contributed by atoms with Gasteiger partial charge in [-0.15, -0.1) is 10.2 Å². The van der Waals surface area contributed by atoms with Crippen LogP contribution in [0.4, 0.5) is 0 Å². The fourth-order valence-corrected chi connectivity index (χ4v) is 2.37. The number of carbonyl (C=O) groups excluding carboxylic acids is 1. The van der Waals surface area contributed by atoms with Gasteiger partial charge < -0.3 is 9.64 Å². The summed E-state index contributed by atoms with van der Waals surface area (Å²) in [4.78, 5) is 13.7. The molecular formula is C9H12ClN3O2S. The molecule has 0 bridgehead atoms. The maximum absolute atomic E-state index is 12.0. The Bertz CT molecular complexity index is 385. The topological polar surface area (TPSA) is 55.3 Å². The minimum Gasteiger partial charge on any atom is -0.375 e. The van der Waals surface area contributed by atoms with Crippen LogP contribution in [-0.4, -0.2) is 46.8 Å². The number of carbonyl (C=O) groups is 1. The van der Waals surface area contributed by atoms with Crippen LogP contribution in [0.1, 0.15) is 23.1 Å². The van der Waals surface area contributed by atoms with Gasteiger partial charge in [0, 0.05) is 13.1 Å². The van der Waals surface area contributed by atoms with Crippen LogP contribution in [0.15, 0.2) is 0 Å². The van der Waals surface area contributed by atoms with Gasteiger partial charge in [0.05, 0.1) is 12.7 Å². The predicted octanol–water partition coefficient (Wildman–Crippen LogP) is 1.44. The van der Waals surface area contributed by atoms with Crippen molar-refractivity contribution in [1.82, 2.24) is 15.1 Å². The van der Waals surface area contributed by atoms with Gasteiger partial charge in [-0.25, -0.2) is 0 Å². The summed E-state index contributed by atoms with van der Waals surface area (Å²) in [6.45, 7) is 3.84. The highest BCUT2D eigenvalue weighted by atomic mass is 35.5. The van der Waals surface area contributed by atoms with E-state index in [2.05, 4.69) is 10.2 Å². The highest BCUT2D eigenvalue weighted by molar-refractivity contribution is 7.17. The van der Waals surface area contributed by atoms with E-state index >= 15 is 0 Å². The van der Waals surface area contributed by atoms with Gasteiger partial charge in [0.1, 0.15) is 0 Å². The Morgan fingerprint density at radius 1 is 1.69 bits per heavy atom. The van der Waals surface area contributed by atoms with Gasteiger partial charge in [0.2, 0.25) is 9.47 Å². The monoisotopic (exact) mass is 261 g/mol. The summed E-state index contributed by atoms with van der Waals surface area (Å²) >= 11 is 6.76. The van der Waals surface area contributed by atoms with Crippen LogP contribution in [-0.2, 0) is 4.74 Å². The first kappa shape index (κ1) is 11.8. The van der Waals surface area contributed by atoms with Crippen molar-refractivity contribution < 1.29 is 9.53 Å².